The van der Waals surface area contributed by atoms with Gasteiger partial charge in [0.15, 0.2) is 0 Å². The number of hydrogen-bond acceptors (Lipinski definition) is 3. The normalized spacial score (nSPS) is 13.1. The fourth-order valence-corrected chi connectivity index (χ4v) is 3.01. The number of likely N-dealkylation sites (N-methyl/N-ethyl adjacent to an activating group) is 1. The van der Waals surface area contributed by atoms with Crippen molar-refractivity contribution >= 4 is 36.4 Å². The van der Waals surface area contributed by atoms with Crippen molar-refractivity contribution in [3.05, 3.63) is 65.2 Å². The maximum Gasteiger partial charge on any atom is 0.251 e. The number of halogens is 2. The van der Waals surface area contributed by atoms with Gasteiger partial charge in [0.2, 0.25) is 0 Å². The molecule has 0 saturated carbocycles. The second kappa shape index (κ2) is 9.66. The molecule has 136 valence electrons. The van der Waals surface area contributed by atoms with E-state index in [1.165, 1.54) is 11.1 Å². The monoisotopic (exact) mass is 381 g/mol. The molecule has 25 heavy (non-hydrogen) atoms. The van der Waals surface area contributed by atoms with Gasteiger partial charge in [0.25, 0.3) is 5.91 Å². The third-order valence-corrected chi connectivity index (χ3v) is 4.34. The number of hydrogen-bond donors (Lipinski definition) is 2. The molecule has 1 aliphatic rings. The highest BCUT2D eigenvalue weighted by atomic mass is 35.5. The summed E-state index contributed by atoms with van der Waals surface area (Å²) in [7, 11) is 4.07. The molecule has 3 rings (SSSR count). The molecule has 2 aromatic carbocycles. The summed E-state index contributed by atoms with van der Waals surface area (Å²) in [6.07, 6.45) is 0.987. The second-order valence-electron chi connectivity index (χ2n) is 6.15. The Bertz CT molecular complexity index is 692. The fourth-order valence-electron chi connectivity index (χ4n) is 3.01. The highest BCUT2D eigenvalue weighted by molar-refractivity contribution is 5.95. The molecule has 0 bridgehead atoms. The first-order chi connectivity index (χ1) is 11.1. The van der Waals surface area contributed by atoms with Crippen molar-refractivity contribution in [1.82, 2.24) is 10.2 Å². The van der Waals surface area contributed by atoms with E-state index in [9.17, 15) is 4.79 Å². The molecular weight excluding hydrogens is 357 g/mol. The molecule has 1 amide bonds. The minimum Gasteiger partial charge on any atom is -0.384 e. The van der Waals surface area contributed by atoms with Gasteiger partial charge >= 0.3 is 0 Å². The van der Waals surface area contributed by atoms with Crippen LogP contribution >= 0.6 is 24.8 Å². The summed E-state index contributed by atoms with van der Waals surface area (Å²) in [5, 5.41) is 6.38. The largest absolute Gasteiger partial charge is 0.384 e. The van der Waals surface area contributed by atoms with Crippen LogP contribution in [0.3, 0.4) is 0 Å². The Morgan fingerprint density at radius 2 is 1.88 bits per heavy atom. The van der Waals surface area contributed by atoms with Crippen LogP contribution < -0.4 is 10.6 Å². The lowest BCUT2D eigenvalue weighted by atomic mass is 10.1. The van der Waals surface area contributed by atoms with Crippen molar-refractivity contribution in [3.63, 3.8) is 0 Å². The van der Waals surface area contributed by atoms with Gasteiger partial charge in [-0.15, -0.1) is 24.8 Å². The van der Waals surface area contributed by atoms with Gasteiger partial charge in [-0.25, -0.2) is 0 Å². The molecule has 6 heteroatoms. The lowest BCUT2D eigenvalue weighted by molar-refractivity contribution is 0.0942. The molecule has 1 aliphatic heterocycles. The maximum absolute atomic E-state index is 12.5. The van der Waals surface area contributed by atoms with Crippen LogP contribution in [0.15, 0.2) is 48.5 Å². The molecule has 2 N–H and O–H groups in total. The average Bonchev–Trinajstić information content (AvgIpc) is 3.03. The molecule has 0 radical (unpaired) electrons. The number of carbonyl (C=O) groups is 1. The van der Waals surface area contributed by atoms with Crippen molar-refractivity contribution in [2.45, 2.75) is 12.5 Å². The first kappa shape index (κ1) is 21.3. The highest BCUT2D eigenvalue weighted by Gasteiger charge is 2.17. The topological polar surface area (TPSA) is 44.4 Å². The van der Waals surface area contributed by atoms with Crippen molar-refractivity contribution in [2.24, 2.45) is 0 Å². The molecular formula is C19H25Cl2N3O. The molecule has 1 atom stereocenters. The molecule has 2 aromatic rings. The van der Waals surface area contributed by atoms with Gasteiger partial charge in [-0.1, -0.05) is 30.3 Å². The third kappa shape index (κ3) is 5.11. The molecule has 0 fully saturated rings. The van der Waals surface area contributed by atoms with E-state index >= 15 is 0 Å². The van der Waals surface area contributed by atoms with Gasteiger partial charge in [0.05, 0.1) is 6.04 Å². The minimum absolute atomic E-state index is 0. The van der Waals surface area contributed by atoms with E-state index in [-0.39, 0.29) is 36.8 Å². The van der Waals surface area contributed by atoms with Crippen LogP contribution in [0.5, 0.6) is 0 Å². The fraction of sp³-hybridized carbons (Fsp3) is 0.316. The van der Waals surface area contributed by atoms with Gasteiger partial charge in [-0.3, -0.25) is 4.79 Å². The predicted molar refractivity (Wildman–Crippen MR) is 108 cm³/mol. The Labute approximate surface area is 161 Å². The quantitative estimate of drug-likeness (QED) is 0.832. The van der Waals surface area contributed by atoms with Crippen LogP contribution in [-0.2, 0) is 6.42 Å². The van der Waals surface area contributed by atoms with Crippen LogP contribution in [0.4, 0.5) is 5.69 Å². The predicted octanol–water partition coefficient (Wildman–Crippen LogP) is 3.53. The van der Waals surface area contributed by atoms with Gasteiger partial charge in [0, 0.05) is 24.3 Å². The van der Waals surface area contributed by atoms with E-state index in [4.69, 9.17) is 0 Å². The Hall–Kier alpha value is -1.75. The van der Waals surface area contributed by atoms with E-state index in [0.717, 1.165) is 24.2 Å². The van der Waals surface area contributed by atoms with E-state index in [0.29, 0.717) is 6.54 Å². The second-order valence-corrected chi connectivity index (χ2v) is 6.15. The number of benzene rings is 2. The van der Waals surface area contributed by atoms with E-state index in [1.54, 1.807) is 0 Å². The number of rotatable bonds is 5. The van der Waals surface area contributed by atoms with Crippen LogP contribution in [0.2, 0.25) is 0 Å². The summed E-state index contributed by atoms with van der Waals surface area (Å²) in [6, 6.07) is 16.3. The maximum atomic E-state index is 12.5. The lowest BCUT2D eigenvalue weighted by Crippen LogP contribution is -2.34. The summed E-state index contributed by atoms with van der Waals surface area (Å²) < 4.78 is 0. The number of nitrogens with zero attached hydrogens (tertiary/aromatic N) is 1. The first-order valence-corrected chi connectivity index (χ1v) is 8.01. The van der Waals surface area contributed by atoms with Crippen LogP contribution in [0, 0.1) is 0 Å². The minimum atomic E-state index is -0.0116. The summed E-state index contributed by atoms with van der Waals surface area (Å²) >= 11 is 0. The summed E-state index contributed by atoms with van der Waals surface area (Å²) in [5.41, 5.74) is 4.32. The molecule has 4 nitrogen and oxygen atoms in total. The number of fused-ring (bicyclic) bond motifs is 1. The average molecular weight is 382 g/mol. The van der Waals surface area contributed by atoms with Crippen LogP contribution in [0.25, 0.3) is 0 Å². The van der Waals surface area contributed by atoms with Crippen LogP contribution in [-0.4, -0.2) is 38.0 Å². The van der Waals surface area contributed by atoms with E-state index < -0.39 is 0 Å². The number of amides is 1. The molecule has 1 unspecified atom stereocenters. The smallest absolute Gasteiger partial charge is 0.251 e. The summed E-state index contributed by atoms with van der Waals surface area (Å²) in [5.74, 6) is -0.0116. The molecule has 0 aromatic heterocycles. The van der Waals surface area contributed by atoms with Gasteiger partial charge in [-0.05, 0) is 49.8 Å². The molecule has 0 saturated heterocycles. The number of anilines is 1. The highest BCUT2D eigenvalue weighted by Crippen LogP contribution is 2.23. The van der Waals surface area contributed by atoms with Crippen molar-refractivity contribution in [2.75, 3.05) is 32.5 Å². The SMILES string of the molecule is CN(C)C(CNC(=O)c1ccc2c(c1)CCN2)c1ccccc1.Cl.Cl. The van der Waals surface area contributed by atoms with Crippen LogP contribution in [0.1, 0.15) is 27.5 Å². The molecule has 0 aliphatic carbocycles. The number of nitrogens with one attached hydrogen (secondary N) is 2. The molecule has 1 heterocycles. The lowest BCUT2D eigenvalue weighted by Gasteiger charge is -2.25. The Kier molecular flexibility index (Phi) is 8.23. The first-order valence-electron chi connectivity index (χ1n) is 8.01. The van der Waals surface area contributed by atoms with Crippen molar-refractivity contribution < 1.29 is 4.79 Å². The summed E-state index contributed by atoms with van der Waals surface area (Å²) in [6.45, 7) is 1.54. The van der Waals surface area contributed by atoms with Crippen molar-refractivity contribution in [3.8, 4) is 0 Å². The van der Waals surface area contributed by atoms with E-state index in [2.05, 4.69) is 27.7 Å². The zero-order valence-corrected chi connectivity index (χ0v) is 16.1. The molecule has 0 spiro atoms. The standard InChI is InChI=1S/C19H23N3O.2ClH/c1-22(2)18(14-6-4-3-5-7-14)13-21-19(23)16-8-9-17-15(12-16)10-11-20-17;;/h3-9,12,18,20H,10-11,13H2,1-2H3,(H,21,23);2*1H. The van der Waals surface area contributed by atoms with Gasteiger partial charge < -0.3 is 15.5 Å². The van der Waals surface area contributed by atoms with E-state index in [1.807, 2.05) is 50.5 Å². The zero-order chi connectivity index (χ0) is 16.2. The van der Waals surface area contributed by atoms with Gasteiger partial charge in [-0.2, -0.15) is 0 Å². The Balaban J connectivity index is 0.00000156. The zero-order valence-electron chi connectivity index (χ0n) is 14.5. The third-order valence-electron chi connectivity index (χ3n) is 4.34. The van der Waals surface area contributed by atoms with Crippen molar-refractivity contribution in [1.29, 1.82) is 0 Å². The van der Waals surface area contributed by atoms with Gasteiger partial charge in [0.1, 0.15) is 0 Å². The Morgan fingerprint density at radius 1 is 1.16 bits per heavy atom. The number of carbonyl (C=O) groups excluding carboxylic acids is 1. The Morgan fingerprint density at radius 3 is 2.56 bits per heavy atom. The summed E-state index contributed by atoms with van der Waals surface area (Å²) in [4.78, 5) is 14.6.